The van der Waals surface area contributed by atoms with Crippen LogP contribution in [0.3, 0.4) is 0 Å². The molecule has 0 aliphatic carbocycles. The normalized spacial score (nSPS) is 21.9. The van der Waals surface area contributed by atoms with Crippen LogP contribution in [-0.2, 0) is 10.0 Å². The van der Waals surface area contributed by atoms with Crippen molar-refractivity contribution >= 4 is 37.6 Å². The number of hydrogen-bond acceptors (Lipinski definition) is 3. The SMILES string of the molecule is N[C@@H]1CCN(S(=O)(=O)c2c(Cl)cccc2Br)C1. The van der Waals surface area contributed by atoms with Crippen LogP contribution in [0, 0.1) is 0 Å². The monoisotopic (exact) mass is 338 g/mol. The van der Waals surface area contributed by atoms with E-state index in [-0.39, 0.29) is 16.0 Å². The lowest BCUT2D eigenvalue weighted by Gasteiger charge is -2.17. The molecular weight excluding hydrogens is 328 g/mol. The Morgan fingerprint density at radius 1 is 1.47 bits per heavy atom. The highest BCUT2D eigenvalue weighted by atomic mass is 79.9. The standard InChI is InChI=1S/C10H12BrClN2O2S/c11-8-2-1-3-9(12)10(8)17(15,16)14-5-4-7(13)6-14/h1-3,7H,4-6,13H2/t7-/m1/s1. The lowest BCUT2D eigenvalue weighted by Crippen LogP contribution is -2.32. The molecule has 0 aromatic heterocycles. The third kappa shape index (κ3) is 2.51. The summed E-state index contributed by atoms with van der Waals surface area (Å²) in [5.74, 6) is 0. The van der Waals surface area contributed by atoms with E-state index >= 15 is 0 Å². The van der Waals surface area contributed by atoms with Gasteiger partial charge in [-0.25, -0.2) is 8.42 Å². The Labute approximate surface area is 114 Å². The summed E-state index contributed by atoms with van der Waals surface area (Å²) in [7, 11) is -3.56. The summed E-state index contributed by atoms with van der Waals surface area (Å²) in [6.07, 6.45) is 0.682. The molecule has 1 aliphatic rings. The van der Waals surface area contributed by atoms with Crippen LogP contribution < -0.4 is 5.73 Å². The van der Waals surface area contributed by atoms with Crippen molar-refractivity contribution in [3.05, 3.63) is 27.7 Å². The van der Waals surface area contributed by atoms with Crippen molar-refractivity contribution in [2.24, 2.45) is 5.73 Å². The number of nitrogens with two attached hydrogens (primary N) is 1. The van der Waals surface area contributed by atoms with E-state index in [1.165, 1.54) is 4.31 Å². The highest BCUT2D eigenvalue weighted by Crippen LogP contribution is 2.32. The Morgan fingerprint density at radius 2 is 2.18 bits per heavy atom. The molecule has 0 bridgehead atoms. The van der Waals surface area contributed by atoms with Gasteiger partial charge in [0.2, 0.25) is 10.0 Å². The van der Waals surface area contributed by atoms with Gasteiger partial charge in [0, 0.05) is 23.6 Å². The molecule has 1 fully saturated rings. The lowest BCUT2D eigenvalue weighted by atomic mass is 10.3. The van der Waals surface area contributed by atoms with Gasteiger partial charge in [-0.2, -0.15) is 4.31 Å². The molecule has 1 heterocycles. The first-order valence-corrected chi connectivity index (χ1v) is 7.74. The Kier molecular flexibility index (Phi) is 3.80. The largest absolute Gasteiger partial charge is 0.326 e. The average molecular weight is 340 g/mol. The molecule has 0 unspecified atom stereocenters. The minimum atomic E-state index is -3.56. The lowest BCUT2D eigenvalue weighted by molar-refractivity contribution is 0.472. The summed E-state index contributed by atoms with van der Waals surface area (Å²) in [6.45, 7) is 0.793. The van der Waals surface area contributed by atoms with Crippen molar-refractivity contribution in [2.75, 3.05) is 13.1 Å². The maximum atomic E-state index is 12.4. The van der Waals surface area contributed by atoms with E-state index < -0.39 is 10.0 Å². The molecule has 0 radical (unpaired) electrons. The molecule has 0 saturated carbocycles. The van der Waals surface area contributed by atoms with E-state index in [0.717, 1.165) is 0 Å². The van der Waals surface area contributed by atoms with Crippen LogP contribution in [0.1, 0.15) is 6.42 Å². The first kappa shape index (κ1) is 13.3. The maximum Gasteiger partial charge on any atom is 0.245 e. The van der Waals surface area contributed by atoms with Gasteiger partial charge in [-0.15, -0.1) is 0 Å². The van der Waals surface area contributed by atoms with Crippen molar-refractivity contribution in [3.63, 3.8) is 0 Å². The number of sulfonamides is 1. The molecule has 0 amide bonds. The Morgan fingerprint density at radius 3 is 2.71 bits per heavy atom. The van der Waals surface area contributed by atoms with Crippen molar-refractivity contribution in [3.8, 4) is 0 Å². The van der Waals surface area contributed by atoms with Gasteiger partial charge in [-0.3, -0.25) is 0 Å². The molecule has 7 heteroatoms. The van der Waals surface area contributed by atoms with Crippen LogP contribution in [0.15, 0.2) is 27.6 Å². The zero-order valence-corrected chi connectivity index (χ0v) is 12.1. The average Bonchev–Trinajstić information content (AvgIpc) is 2.64. The Bertz CT molecular complexity index is 515. The number of nitrogens with zero attached hydrogens (tertiary/aromatic N) is 1. The summed E-state index contributed by atoms with van der Waals surface area (Å²) >= 11 is 9.19. The first-order valence-electron chi connectivity index (χ1n) is 5.12. The zero-order valence-electron chi connectivity index (χ0n) is 8.94. The molecule has 1 aromatic rings. The maximum absolute atomic E-state index is 12.4. The molecule has 4 nitrogen and oxygen atoms in total. The fourth-order valence-corrected chi connectivity index (χ4v) is 5.01. The fourth-order valence-electron chi connectivity index (χ4n) is 1.83. The molecule has 2 N–H and O–H groups in total. The van der Waals surface area contributed by atoms with Crippen LogP contribution in [0.25, 0.3) is 0 Å². The van der Waals surface area contributed by atoms with Crippen LogP contribution in [-0.4, -0.2) is 31.9 Å². The second kappa shape index (κ2) is 4.85. The van der Waals surface area contributed by atoms with Gasteiger partial charge in [0.25, 0.3) is 0 Å². The molecule has 1 aliphatic heterocycles. The minimum absolute atomic E-state index is 0.0916. The number of rotatable bonds is 2. The minimum Gasteiger partial charge on any atom is -0.326 e. The van der Waals surface area contributed by atoms with Crippen LogP contribution in [0.2, 0.25) is 5.02 Å². The van der Waals surface area contributed by atoms with Gasteiger partial charge in [-0.05, 0) is 34.5 Å². The van der Waals surface area contributed by atoms with Crippen molar-refractivity contribution in [1.29, 1.82) is 0 Å². The quantitative estimate of drug-likeness (QED) is 0.894. The predicted molar refractivity (Wildman–Crippen MR) is 70.5 cm³/mol. The van der Waals surface area contributed by atoms with Crippen LogP contribution >= 0.6 is 27.5 Å². The summed E-state index contributed by atoms with van der Waals surface area (Å²) in [5, 5.41) is 0.222. The number of benzene rings is 1. The van der Waals surface area contributed by atoms with Gasteiger partial charge in [0.05, 0.1) is 5.02 Å². The molecule has 94 valence electrons. The number of hydrogen-bond donors (Lipinski definition) is 1. The van der Waals surface area contributed by atoms with Crippen molar-refractivity contribution in [1.82, 2.24) is 4.31 Å². The van der Waals surface area contributed by atoms with E-state index in [4.69, 9.17) is 17.3 Å². The van der Waals surface area contributed by atoms with Gasteiger partial charge in [0.15, 0.2) is 0 Å². The third-order valence-electron chi connectivity index (χ3n) is 2.70. The van der Waals surface area contributed by atoms with Crippen LogP contribution in [0.4, 0.5) is 0 Å². The fraction of sp³-hybridized carbons (Fsp3) is 0.400. The highest BCUT2D eigenvalue weighted by molar-refractivity contribution is 9.10. The summed E-state index contributed by atoms with van der Waals surface area (Å²) < 4.78 is 26.6. The molecule has 1 aromatic carbocycles. The molecule has 1 atom stereocenters. The molecular formula is C10H12BrClN2O2S. The summed E-state index contributed by atoms with van der Waals surface area (Å²) in [4.78, 5) is 0.121. The Balaban J connectivity index is 2.45. The molecule has 1 saturated heterocycles. The van der Waals surface area contributed by atoms with Crippen LogP contribution in [0.5, 0.6) is 0 Å². The highest BCUT2D eigenvalue weighted by Gasteiger charge is 2.33. The van der Waals surface area contributed by atoms with Gasteiger partial charge >= 0.3 is 0 Å². The first-order chi connectivity index (χ1) is 7.93. The number of halogens is 2. The van der Waals surface area contributed by atoms with E-state index in [0.29, 0.717) is 24.0 Å². The molecule has 17 heavy (non-hydrogen) atoms. The van der Waals surface area contributed by atoms with Gasteiger partial charge < -0.3 is 5.73 Å². The van der Waals surface area contributed by atoms with E-state index in [9.17, 15) is 8.42 Å². The second-order valence-electron chi connectivity index (χ2n) is 3.96. The predicted octanol–water partition coefficient (Wildman–Crippen LogP) is 1.82. The molecule has 0 spiro atoms. The summed E-state index contributed by atoms with van der Waals surface area (Å²) in [5.41, 5.74) is 5.73. The third-order valence-corrected chi connectivity index (χ3v) is 6.02. The van der Waals surface area contributed by atoms with Crippen molar-refractivity contribution < 1.29 is 8.42 Å². The van der Waals surface area contributed by atoms with E-state index in [1.807, 2.05) is 0 Å². The van der Waals surface area contributed by atoms with E-state index in [2.05, 4.69) is 15.9 Å². The van der Waals surface area contributed by atoms with Gasteiger partial charge in [0.1, 0.15) is 4.90 Å². The Hall–Kier alpha value is -0.140. The topological polar surface area (TPSA) is 63.4 Å². The zero-order chi connectivity index (χ0) is 12.6. The van der Waals surface area contributed by atoms with Crippen molar-refractivity contribution in [2.45, 2.75) is 17.4 Å². The molecule has 2 rings (SSSR count). The smallest absolute Gasteiger partial charge is 0.245 e. The van der Waals surface area contributed by atoms with E-state index in [1.54, 1.807) is 18.2 Å². The van der Waals surface area contributed by atoms with Gasteiger partial charge in [-0.1, -0.05) is 17.7 Å². The second-order valence-corrected chi connectivity index (χ2v) is 7.10. The summed E-state index contributed by atoms with van der Waals surface area (Å²) in [6, 6.07) is 4.83.